The number of amides is 2. The molecular formula is C18H16BrN3O2. The van der Waals surface area contributed by atoms with Gasteiger partial charge in [-0.2, -0.15) is 5.26 Å². The van der Waals surface area contributed by atoms with Crippen molar-refractivity contribution in [2.45, 2.75) is 13.8 Å². The van der Waals surface area contributed by atoms with E-state index in [4.69, 9.17) is 5.26 Å². The van der Waals surface area contributed by atoms with Crippen LogP contribution in [0.1, 0.15) is 19.4 Å². The maximum Gasteiger partial charge on any atom is 0.239 e. The highest BCUT2D eigenvalue weighted by molar-refractivity contribution is 9.10. The topological polar surface area (TPSA) is 82.0 Å². The van der Waals surface area contributed by atoms with Crippen LogP contribution in [-0.4, -0.2) is 11.8 Å². The van der Waals surface area contributed by atoms with Crippen molar-refractivity contribution < 1.29 is 9.59 Å². The van der Waals surface area contributed by atoms with Crippen molar-refractivity contribution in [2.24, 2.45) is 5.41 Å². The van der Waals surface area contributed by atoms with Gasteiger partial charge in [-0.05, 0) is 50.2 Å². The van der Waals surface area contributed by atoms with E-state index in [-0.39, 0.29) is 0 Å². The van der Waals surface area contributed by atoms with Gasteiger partial charge in [0.15, 0.2) is 0 Å². The van der Waals surface area contributed by atoms with Gasteiger partial charge in [-0.1, -0.05) is 28.1 Å². The van der Waals surface area contributed by atoms with Gasteiger partial charge in [0.25, 0.3) is 0 Å². The van der Waals surface area contributed by atoms with Crippen LogP contribution in [-0.2, 0) is 9.59 Å². The van der Waals surface area contributed by atoms with Crippen LogP contribution in [0, 0.1) is 16.7 Å². The van der Waals surface area contributed by atoms with Crippen LogP contribution in [0.15, 0.2) is 53.0 Å². The molecule has 122 valence electrons. The Balaban J connectivity index is 2.11. The number of nitrogens with zero attached hydrogens (tertiary/aromatic N) is 1. The van der Waals surface area contributed by atoms with E-state index in [0.29, 0.717) is 16.9 Å². The fourth-order valence-electron chi connectivity index (χ4n) is 1.91. The Labute approximate surface area is 148 Å². The molecule has 0 heterocycles. The summed E-state index contributed by atoms with van der Waals surface area (Å²) >= 11 is 3.33. The predicted molar refractivity (Wildman–Crippen MR) is 96.3 cm³/mol. The van der Waals surface area contributed by atoms with Crippen molar-refractivity contribution in [1.82, 2.24) is 0 Å². The summed E-state index contributed by atoms with van der Waals surface area (Å²) in [5, 5.41) is 14.3. The minimum Gasteiger partial charge on any atom is -0.325 e. The Hall–Kier alpha value is -2.65. The number of benzene rings is 2. The molecule has 0 radical (unpaired) electrons. The SMILES string of the molecule is CC(C)(C(=O)Nc1cccc(Br)c1)C(=O)Nc1cccc(C#N)c1. The molecule has 5 nitrogen and oxygen atoms in total. The third-order valence-corrected chi connectivity index (χ3v) is 3.96. The lowest BCUT2D eigenvalue weighted by Gasteiger charge is -2.23. The molecule has 2 aromatic rings. The average molecular weight is 386 g/mol. The molecule has 0 saturated heterocycles. The van der Waals surface area contributed by atoms with E-state index < -0.39 is 17.2 Å². The molecule has 0 aliphatic carbocycles. The average Bonchev–Trinajstić information content (AvgIpc) is 2.54. The van der Waals surface area contributed by atoms with E-state index in [9.17, 15) is 9.59 Å². The number of nitrogens with one attached hydrogen (secondary N) is 2. The van der Waals surface area contributed by atoms with Gasteiger partial charge >= 0.3 is 0 Å². The first-order chi connectivity index (χ1) is 11.3. The van der Waals surface area contributed by atoms with Crippen LogP contribution in [0.25, 0.3) is 0 Å². The minimum absolute atomic E-state index is 0.422. The molecule has 2 rings (SSSR count). The molecule has 0 spiro atoms. The summed E-state index contributed by atoms with van der Waals surface area (Å²) in [7, 11) is 0. The first-order valence-corrected chi connectivity index (χ1v) is 8.01. The lowest BCUT2D eigenvalue weighted by molar-refractivity contribution is -0.135. The second kappa shape index (κ2) is 7.28. The highest BCUT2D eigenvalue weighted by Crippen LogP contribution is 2.23. The smallest absolute Gasteiger partial charge is 0.239 e. The maximum absolute atomic E-state index is 12.5. The molecule has 0 saturated carbocycles. The standard InChI is InChI=1S/C18H16BrN3O2/c1-18(2,17(24)22-15-8-4-6-13(19)10-15)16(23)21-14-7-3-5-12(9-14)11-20/h3-10H,1-2H3,(H,21,23)(H,22,24). The lowest BCUT2D eigenvalue weighted by atomic mass is 9.90. The molecule has 2 N–H and O–H groups in total. The van der Waals surface area contributed by atoms with Gasteiger partial charge in [-0.25, -0.2) is 0 Å². The first kappa shape index (κ1) is 17.7. The molecule has 2 aromatic carbocycles. The number of halogens is 1. The summed E-state index contributed by atoms with van der Waals surface area (Å²) < 4.78 is 0.830. The van der Waals surface area contributed by atoms with E-state index in [1.165, 1.54) is 0 Å². The summed E-state index contributed by atoms with van der Waals surface area (Å²) in [4.78, 5) is 24.9. The minimum atomic E-state index is -1.29. The van der Waals surface area contributed by atoms with E-state index in [0.717, 1.165) is 4.47 Å². The van der Waals surface area contributed by atoms with Gasteiger partial charge in [0, 0.05) is 15.8 Å². The predicted octanol–water partition coefficient (Wildman–Crippen LogP) is 3.92. The maximum atomic E-state index is 12.5. The summed E-state index contributed by atoms with van der Waals surface area (Å²) in [6.45, 7) is 3.09. The zero-order valence-corrected chi connectivity index (χ0v) is 14.8. The fraction of sp³-hybridized carbons (Fsp3) is 0.167. The Morgan fingerprint density at radius 2 is 1.54 bits per heavy atom. The highest BCUT2D eigenvalue weighted by atomic mass is 79.9. The molecule has 0 aliphatic rings. The quantitative estimate of drug-likeness (QED) is 0.782. The monoisotopic (exact) mass is 385 g/mol. The van der Waals surface area contributed by atoms with E-state index in [1.807, 2.05) is 12.1 Å². The number of hydrogen-bond acceptors (Lipinski definition) is 3. The molecule has 0 unspecified atom stereocenters. The van der Waals surface area contributed by atoms with Crippen molar-refractivity contribution in [3.05, 3.63) is 58.6 Å². The van der Waals surface area contributed by atoms with E-state index >= 15 is 0 Å². The third-order valence-electron chi connectivity index (χ3n) is 3.47. The molecule has 6 heteroatoms. The van der Waals surface area contributed by atoms with Crippen LogP contribution in [0.3, 0.4) is 0 Å². The molecule has 0 aliphatic heterocycles. The number of hydrogen-bond donors (Lipinski definition) is 2. The van der Waals surface area contributed by atoms with E-state index in [2.05, 4.69) is 26.6 Å². The number of carbonyl (C=O) groups is 2. The van der Waals surface area contributed by atoms with Gasteiger partial charge in [0.05, 0.1) is 11.6 Å². The van der Waals surface area contributed by atoms with Crippen molar-refractivity contribution in [2.75, 3.05) is 10.6 Å². The summed E-state index contributed by atoms with van der Waals surface area (Å²) in [6, 6.07) is 15.7. The molecule has 0 atom stereocenters. The fourth-order valence-corrected chi connectivity index (χ4v) is 2.31. The van der Waals surface area contributed by atoms with Gasteiger partial charge in [0.1, 0.15) is 5.41 Å². The Kier molecular flexibility index (Phi) is 5.37. The van der Waals surface area contributed by atoms with Crippen molar-refractivity contribution in [3.8, 4) is 6.07 Å². The summed E-state index contributed by atoms with van der Waals surface area (Å²) in [5.74, 6) is -0.875. The largest absolute Gasteiger partial charge is 0.325 e. The zero-order chi connectivity index (χ0) is 17.7. The van der Waals surface area contributed by atoms with Crippen LogP contribution >= 0.6 is 15.9 Å². The van der Waals surface area contributed by atoms with Gasteiger partial charge in [-0.15, -0.1) is 0 Å². The number of nitriles is 1. The highest BCUT2D eigenvalue weighted by Gasteiger charge is 2.36. The zero-order valence-electron chi connectivity index (χ0n) is 13.3. The molecule has 0 aromatic heterocycles. The van der Waals surface area contributed by atoms with Gasteiger partial charge < -0.3 is 10.6 Å². The van der Waals surface area contributed by atoms with Crippen molar-refractivity contribution in [3.63, 3.8) is 0 Å². The second-order valence-electron chi connectivity index (χ2n) is 5.74. The van der Waals surface area contributed by atoms with Gasteiger partial charge in [-0.3, -0.25) is 9.59 Å². The van der Waals surface area contributed by atoms with Crippen LogP contribution in [0.2, 0.25) is 0 Å². The third kappa shape index (κ3) is 4.21. The number of rotatable bonds is 4. The van der Waals surface area contributed by atoms with Crippen LogP contribution < -0.4 is 10.6 Å². The molecule has 0 bridgehead atoms. The first-order valence-electron chi connectivity index (χ1n) is 7.21. The molecule has 2 amide bonds. The Morgan fingerprint density at radius 3 is 2.08 bits per heavy atom. The Bertz CT molecular complexity index is 825. The molecule has 24 heavy (non-hydrogen) atoms. The summed E-state index contributed by atoms with van der Waals surface area (Å²) in [5.41, 5.74) is 0.221. The van der Waals surface area contributed by atoms with E-state index in [1.54, 1.807) is 56.3 Å². The lowest BCUT2D eigenvalue weighted by Crippen LogP contribution is -2.41. The van der Waals surface area contributed by atoms with Crippen molar-refractivity contribution in [1.29, 1.82) is 5.26 Å². The molecule has 0 fully saturated rings. The van der Waals surface area contributed by atoms with Crippen LogP contribution in [0.4, 0.5) is 11.4 Å². The van der Waals surface area contributed by atoms with Crippen LogP contribution in [0.5, 0.6) is 0 Å². The second-order valence-corrected chi connectivity index (χ2v) is 6.65. The summed E-state index contributed by atoms with van der Waals surface area (Å²) in [6.07, 6.45) is 0. The Morgan fingerprint density at radius 1 is 1.00 bits per heavy atom. The normalized spacial score (nSPS) is 10.6. The number of anilines is 2. The molecular weight excluding hydrogens is 370 g/mol. The number of carbonyl (C=O) groups excluding carboxylic acids is 2. The van der Waals surface area contributed by atoms with Gasteiger partial charge in [0.2, 0.25) is 11.8 Å². The van der Waals surface area contributed by atoms with Crippen molar-refractivity contribution >= 4 is 39.1 Å².